The van der Waals surface area contributed by atoms with Crippen LogP contribution in [-0.4, -0.2) is 4.62 Å². The van der Waals surface area contributed by atoms with Crippen molar-refractivity contribution >= 4 is 33.2 Å². The van der Waals surface area contributed by atoms with Crippen LogP contribution < -0.4 is 0 Å². The van der Waals surface area contributed by atoms with Gasteiger partial charge in [-0.25, -0.2) is 0 Å². The monoisotopic (exact) mass is 207 g/mol. The van der Waals surface area contributed by atoms with Gasteiger partial charge in [0.2, 0.25) is 0 Å². The predicted octanol–water partition coefficient (Wildman–Crippen LogP) is 2.98. The lowest BCUT2D eigenvalue weighted by atomic mass is 10.5. The molecule has 0 bridgehead atoms. The highest BCUT2D eigenvalue weighted by molar-refractivity contribution is 9.18. The van der Waals surface area contributed by atoms with Crippen LogP contribution in [0.2, 0.25) is 0 Å². The minimum absolute atomic E-state index is 0.883. The van der Waals surface area contributed by atoms with Crippen LogP contribution in [0.4, 0.5) is 0 Å². The first-order valence-electron chi connectivity index (χ1n) is 2.61. The van der Waals surface area contributed by atoms with Crippen LogP contribution in [0.1, 0.15) is 20.8 Å². The van der Waals surface area contributed by atoms with E-state index in [0.717, 1.165) is 15.2 Å². The molecule has 52 valence electrons. The molecule has 0 atom stereocenters. The van der Waals surface area contributed by atoms with E-state index >= 15 is 0 Å². The lowest BCUT2D eigenvalue weighted by Gasteiger charge is -1.93. The van der Waals surface area contributed by atoms with Gasteiger partial charge in [0.25, 0.3) is 0 Å². The highest BCUT2D eigenvalue weighted by atomic mass is 79.9. The summed E-state index contributed by atoms with van der Waals surface area (Å²) in [6, 6.07) is 0. The quantitative estimate of drug-likeness (QED) is 0.502. The fourth-order valence-corrected chi connectivity index (χ4v) is 0.628. The second-order valence-electron chi connectivity index (χ2n) is 1.78. The molecule has 0 fully saturated rings. The normalized spacial score (nSPS) is 15.4. The number of halogens is 1. The van der Waals surface area contributed by atoms with Gasteiger partial charge in [0, 0.05) is 5.70 Å². The van der Waals surface area contributed by atoms with Crippen LogP contribution in [0.5, 0.6) is 0 Å². The van der Waals surface area contributed by atoms with Crippen molar-refractivity contribution < 1.29 is 0 Å². The molecule has 0 heterocycles. The van der Waals surface area contributed by atoms with Crippen molar-refractivity contribution in [2.24, 2.45) is 4.99 Å². The van der Waals surface area contributed by atoms with E-state index < -0.39 is 0 Å². The summed E-state index contributed by atoms with van der Waals surface area (Å²) in [7, 11) is 0. The van der Waals surface area contributed by atoms with E-state index in [1.165, 1.54) is 0 Å². The highest BCUT2D eigenvalue weighted by Crippen LogP contribution is 2.09. The number of hydrogen-bond donors (Lipinski definition) is 1. The van der Waals surface area contributed by atoms with Gasteiger partial charge in [-0.05, 0) is 41.6 Å². The van der Waals surface area contributed by atoms with E-state index in [2.05, 4.69) is 33.6 Å². The Kier molecular flexibility index (Phi) is 4.23. The van der Waals surface area contributed by atoms with Crippen LogP contribution in [0.25, 0.3) is 0 Å². The molecule has 0 unspecified atom stereocenters. The molecule has 0 spiro atoms. The SMILES string of the molecule is C/C(S)=C(C)/N=C(\C)Br. The van der Waals surface area contributed by atoms with Crippen molar-refractivity contribution in [2.75, 3.05) is 0 Å². The van der Waals surface area contributed by atoms with Crippen molar-refractivity contribution in [2.45, 2.75) is 20.8 Å². The Bertz CT molecular complexity index is 152. The van der Waals surface area contributed by atoms with Gasteiger partial charge >= 0.3 is 0 Å². The number of rotatable bonds is 1. The number of allylic oxidation sites excluding steroid dienone is 2. The van der Waals surface area contributed by atoms with Crippen molar-refractivity contribution in [1.29, 1.82) is 0 Å². The van der Waals surface area contributed by atoms with Crippen molar-refractivity contribution in [3.8, 4) is 0 Å². The topological polar surface area (TPSA) is 12.4 Å². The maximum Gasteiger partial charge on any atom is 0.0801 e. The average molecular weight is 208 g/mol. The first kappa shape index (κ1) is 9.24. The van der Waals surface area contributed by atoms with Crippen LogP contribution in [0.3, 0.4) is 0 Å². The summed E-state index contributed by atoms with van der Waals surface area (Å²) in [6.07, 6.45) is 0. The highest BCUT2D eigenvalue weighted by Gasteiger charge is 1.87. The van der Waals surface area contributed by atoms with Gasteiger partial charge in [-0.3, -0.25) is 4.99 Å². The molecule has 0 aliphatic heterocycles. The minimum Gasteiger partial charge on any atom is -0.250 e. The Morgan fingerprint density at radius 2 is 1.78 bits per heavy atom. The van der Waals surface area contributed by atoms with E-state index in [-0.39, 0.29) is 0 Å². The molecule has 0 radical (unpaired) electrons. The van der Waals surface area contributed by atoms with Gasteiger partial charge in [-0.1, -0.05) is 0 Å². The number of aliphatic imine (C=N–C) groups is 1. The third-order valence-electron chi connectivity index (χ3n) is 0.845. The van der Waals surface area contributed by atoms with E-state index in [1.807, 2.05) is 20.8 Å². The van der Waals surface area contributed by atoms with Crippen LogP contribution >= 0.6 is 28.6 Å². The second kappa shape index (κ2) is 4.12. The predicted molar refractivity (Wildman–Crippen MR) is 49.4 cm³/mol. The fraction of sp³-hybridized carbons (Fsp3) is 0.500. The maximum absolute atomic E-state index is 4.12. The Labute approximate surface area is 69.8 Å². The van der Waals surface area contributed by atoms with Gasteiger partial charge in [0.15, 0.2) is 0 Å². The average Bonchev–Trinajstić information content (AvgIpc) is 1.63. The summed E-state index contributed by atoms with van der Waals surface area (Å²) >= 11 is 7.34. The molecule has 0 rings (SSSR count). The molecule has 3 heteroatoms. The van der Waals surface area contributed by atoms with Gasteiger partial charge in [0.05, 0.1) is 4.62 Å². The molecule has 0 aromatic heterocycles. The molecule has 1 nitrogen and oxygen atoms in total. The summed E-state index contributed by atoms with van der Waals surface area (Å²) in [5, 5.41) is 0. The zero-order valence-electron chi connectivity index (χ0n) is 5.77. The Morgan fingerprint density at radius 1 is 1.33 bits per heavy atom. The van der Waals surface area contributed by atoms with E-state index in [9.17, 15) is 0 Å². The number of nitrogens with zero attached hydrogens (tertiary/aromatic N) is 1. The van der Waals surface area contributed by atoms with E-state index in [0.29, 0.717) is 0 Å². The van der Waals surface area contributed by atoms with Crippen molar-refractivity contribution in [1.82, 2.24) is 0 Å². The first-order valence-corrected chi connectivity index (χ1v) is 3.85. The minimum atomic E-state index is 0.883. The lowest BCUT2D eigenvalue weighted by Crippen LogP contribution is -1.77. The number of hydrogen-bond acceptors (Lipinski definition) is 2. The molecule has 0 aromatic carbocycles. The van der Waals surface area contributed by atoms with Crippen molar-refractivity contribution in [3.63, 3.8) is 0 Å². The molecule has 0 saturated heterocycles. The second-order valence-corrected chi connectivity index (χ2v) is 3.60. The van der Waals surface area contributed by atoms with Crippen LogP contribution in [0, 0.1) is 0 Å². The Hall–Kier alpha value is 0.240. The molecule has 0 aliphatic rings. The molecular formula is C6H10BrNS. The lowest BCUT2D eigenvalue weighted by molar-refractivity contribution is 1.28. The zero-order chi connectivity index (χ0) is 7.44. The first-order chi connectivity index (χ1) is 4.04. The molecule has 0 aromatic rings. The molecule has 0 N–H and O–H groups in total. The Morgan fingerprint density at radius 3 is 1.89 bits per heavy atom. The van der Waals surface area contributed by atoms with Gasteiger partial charge in [0.1, 0.15) is 0 Å². The van der Waals surface area contributed by atoms with Gasteiger partial charge in [-0.2, -0.15) is 0 Å². The van der Waals surface area contributed by atoms with Crippen molar-refractivity contribution in [3.05, 3.63) is 10.6 Å². The molecular weight excluding hydrogens is 198 g/mol. The summed E-state index contributed by atoms with van der Waals surface area (Å²) in [5.74, 6) is 0. The fourth-order valence-electron chi connectivity index (χ4n) is 0.312. The molecule has 0 saturated carbocycles. The molecule has 0 aliphatic carbocycles. The largest absolute Gasteiger partial charge is 0.250 e. The third-order valence-corrected chi connectivity index (χ3v) is 1.35. The zero-order valence-corrected chi connectivity index (χ0v) is 8.25. The third kappa shape index (κ3) is 4.73. The summed E-state index contributed by atoms with van der Waals surface area (Å²) in [6.45, 7) is 5.73. The summed E-state index contributed by atoms with van der Waals surface area (Å²) in [4.78, 5) is 5.07. The number of thiol groups is 1. The molecule has 9 heavy (non-hydrogen) atoms. The maximum atomic E-state index is 4.12. The van der Waals surface area contributed by atoms with E-state index in [4.69, 9.17) is 0 Å². The summed E-state index contributed by atoms with van der Waals surface area (Å²) < 4.78 is 0.883. The van der Waals surface area contributed by atoms with E-state index in [1.54, 1.807) is 0 Å². The Balaban J connectivity index is 4.25. The van der Waals surface area contributed by atoms with Crippen LogP contribution in [-0.2, 0) is 0 Å². The van der Waals surface area contributed by atoms with Gasteiger partial charge in [-0.15, -0.1) is 12.6 Å². The molecule has 0 amide bonds. The standard InChI is InChI=1S/C6H10BrNS/c1-4(5(2)9)8-6(3)7/h9H,1-3H3/b5-4-,8-6+. The van der Waals surface area contributed by atoms with Crippen LogP contribution in [0.15, 0.2) is 15.6 Å². The summed E-state index contributed by atoms with van der Waals surface area (Å²) in [5.41, 5.74) is 0.952. The smallest absolute Gasteiger partial charge is 0.0801 e. The van der Waals surface area contributed by atoms with Gasteiger partial charge < -0.3 is 0 Å².